The summed E-state index contributed by atoms with van der Waals surface area (Å²) in [5.74, 6) is -0.0129. The van der Waals surface area contributed by atoms with Gasteiger partial charge in [0.25, 0.3) is 5.89 Å². The minimum atomic E-state index is -0.774. The average molecular weight is 287 g/mol. The van der Waals surface area contributed by atoms with Crippen LogP contribution in [0.15, 0.2) is 27.2 Å². The van der Waals surface area contributed by atoms with Crippen molar-refractivity contribution in [3.8, 4) is 17.7 Å². The topological polar surface area (TPSA) is 104 Å². The van der Waals surface area contributed by atoms with E-state index in [2.05, 4.69) is 4.98 Å². The Balaban J connectivity index is 1.83. The van der Waals surface area contributed by atoms with E-state index in [4.69, 9.17) is 13.9 Å². The van der Waals surface area contributed by atoms with Gasteiger partial charge in [0.2, 0.25) is 11.6 Å². The van der Waals surface area contributed by atoms with Gasteiger partial charge in [-0.15, -0.1) is 0 Å². The average Bonchev–Trinajstić information content (AvgIpc) is 3.16. The molecule has 1 aliphatic heterocycles. The van der Waals surface area contributed by atoms with Gasteiger partial charge in [0.1, 0.15) is 6.07 Å². The number of aliphatic carboxylic acids is 1. The van der Waals surface area contributed by atoms with Gasteiger partial charge in [0, 0.05) is 13.1 Å². The molecule has 1 N–H and O–H groups in total. The molecule has 108 valence electrons. The highest BCUT2D eigenvalue weighted by Crippen LogP contribution is 2.31. The van der Waals surface area contributed by atoms with Crippen LogP contribution < -0.4 is 4.90 Å². The first-order valence-electron chi connectivity index (χ1n) is 6.61. The zero-order chi connectivity index (χ0) is 14.8. The summed E-state index contributed by atoms with van der Waals surface area (Å²) in [4.78, 5) is 16.9. The Morgan fingerprint density at radius 2 is 2.24 bits per heavy atom. The van der Waals surface area contributed by atoms with Gasteiger partial charge in [-0.05, 0) is 25.0 Å². The van der Waals surface area contributed by atoms with Crippen molar-refractivity contribution >= 4 is 11.9 Å². The Morgan fingerprint density at radius 1 is 1.48 bits per heavy atom. The number of anilines is 1. The van der Waals surface area contributed by atoms with Crippen LogP contribution in [0.2, 0.25) is 0 Å². The molecule has 1 fully saturated rings. The van der Waals surface area contributed by atoms with Gasteiger partial charge in [-0.1, -0.05) is 0 Å². The SMILES string of the molecule is N#Cc1nc(-c2ccco2)oc1N1CCC(C(=O)O)CC1. The van der Waals surface area contributed by atoms with Crippen LogP contribution in [-0.4, -0.2) is 29.1 Å². The number of aromatic nitrogens is 1. The predicted octanol–water partition coefficient (Wildman–Crippen LogP) is 2.11. The first-order chi connectivity index (χ1) is 10.2. The minimum Gasteiger partial charge on any atom is -0.481 e. The third-order valence-corrected chi connectivity index (χ3v) is 3.58. The summed E-state index contributed by atoms with van der Waals surface area (Å²) < 4.78 is 10.8. The molecule has 1 aliphatic rings. The zero-order valence-electron chi connectivity index (χ0n) is 11.2. The fraction of sp³-hybridized carbons (Fsp3) is 0.357. The lowest BCUT2D eigenvalue weighted by molar-refractivity contribution is -0.142. The van der Waals surface area contributed by atoms with E-state index >= 15 is 0 Å². The van der Waals surface area contributed by atoms with E-state index in [0.29, 0.717) is 37.6 Å². The van der Waals surface area contributed by atoms with Crippen LogP contribution in [0, 0.1) is 17.2 Å². The highest BCUT2D eigenvalue weighted by Gasteiger charge is 2.28. The first kappa shape index (κ1) is 13.2. The Hall–Kier alpha value is -2.75. The van der Waals surface area contributed by atoms with Gasteiger partial charge in [-0.2, -0.15) is 10.2 Å². The molecule has 0 radical (unpaired) electrons. The maximum atomic E-state index is 11.0. The van der Waals surface area contributed by atoms with Crippen molar-refractivity contribution in [2.45, 2.75) is 12.8 Å². The largest absolute Gasteiger partial charge is 0.481 e. The van der Waals surface area contributed by atoms with Crippen LogP contribution >= 0.6 is 0 Å². The van der Waals surface area contributed by atoms with Crippen LogP contribution in [0.5, 0.6) is 0 Å². The highest BCUT2D eigenvalue weighted by atomic mass is 16.4. The van der Waals surface area contributed by atoms with Crippen molar-refractivity contribution in [1.82, 2.24) is 4.98 Å². The summed E-state index contributed by atoms with van der Waals surface area (Å²) in [6, 6.07) is 5.42. The van der Waals surface area contributed by atoms with Crippen molar-refractivity contribution in [2.24, 2.45) is 5.92 Å². The molecule has 2 aromatic heterocycles. The Morgan fingerprint density at radius 3 is 2.81 bits per heavy atom. The van der Waals surface area contributed by atoms with Crippen molar-refractivity contribution in [2.75, 3.05) is 18.0 Å². The molecule has 2 aromatic rings. The third kappa shape index (κ3) is 2.48. The number of nitrogens with zero attached hydrogens (tertiary/aromatic N) is 3. The summed E-state index contributed by atoms with van der Waals surface area (Å²) in [5.41, 5.74) is 0.190. The van der Waals surface area contributed by atoms with Crippen molar-refractivity contribution in [3.63, 3.8) is 0 Å². The van der Waals surface area contributed by atoms with Gasteiger partial charge < -0.3 is 18.8 Å². The number of hydrogen-bond donors (Lipinski definition) is 1. The maximum absolute atomic E-state index is 11.0. The van der Waals surface area contributed by atoms with E-state index in [1.165, 1.54) is 6.26 Å². The second kappa shape index (κ2) is 5.32. The first-order valence-corrected chi connectivity index (χ1v) is 6.61. The second-order valence-electron chi connectivity index (χ2n) is 4.86. The maximum Gasteiger partial charge on any atom is 0.306 e. The quantitative estimate of drug-likeness (QED) is 0.921. The van der Waals surface area contributed by atoms with Gasteiger partial charge in [0.15, 0.2) is 5.76 Å². The molecule has 7 nitrogen and oxygen atoms in total. The standard InChI is InChI=1S/C14H13N3O4/c15-8-10-13(17-5-3-9(4-6-17)14(18)19)21-12(16-10)11-2-1-7-20-11/h1-2,7,9H,3-6H2,(H,18,19). The van der Waals surface area contributed by atoms with E-state index in [-0.39, 0.29) is 17.5 Å². The number of furan rings is 1. The second-order valence-corrected chi connectivity index (χ2v) is 4.86. The summed E-state index contributed by atoms with van der Waals surface area (Å²) in [5, 5.41) is 18.2. The molecular weight excluding hydrogens is 274 g/mol. The molecule has 0 spiro atoms. The molecule has 0 atom stereocenters. The minimum absolute atomic E-state index is 0.190. The van der Waals surface area contributed by atoms with Crippen molar-refractivity contribution in [3.05, 3.63) is 24.1 Å². The molecule has 0 saturated carbocycles. The summed E-state index contributed by atoms with van der Waals surface area (Å²) in [7, 11) is 0. The Kier molecular flexibility index (Phi) is 3.36. The fourth-order valence-corrected chi connectivity index (χ4v) is 2.43. The number of hydrogen-bond acceptors (Lipinski definition) is 6. The molecule has 0 bridgehead atoms. The summed E-state index contributed by atoms with van der Waals surface area (Å²) in [6.45, 7) is 1.05. The monoisotopic (exact) mass is 287 g/mol. The van der Waals surface area contributed by atoms with Crippen LogP contribution in [0.1, 0.15) is 18.5 Å². The summed E-state index contributed by atoms with van der Waals surface area (Å²) >= 11 is 0. The van der Waals surface area contributed by atoms with Crippen LogP contribution in [0.4, 0.5) is 5.88 Å². The lowest BCUT2D eigenvalue weighted by Gasteiger charge is -2.29. The lowest BCUT2D eigenvalue weighted by Crippen LogP contribution is -2.36. The van der Waals surface area contributed by atoms with Crippen LogP contribution in [0.3, 0.4) is 0 Å². The van der Waals surface area contributed by atoms with Crippen molar-refractivity contribution in [1.29, 1.82) is 5.26 Å². The van der Waals surface area contributed by atoms with Crippen molar-refractivity contribution < 1.29 is 18.7 Å². The van der Waals surface area contributed by atoms with E-state index < -0.39 is 5.97 Å². The Bertz CT molecular complexity index is 676. The molecule has 7 heteroatoms. The number of nitriles is 1. The molecule has 1 saturated heterocycles. The zero-order valence-corrected chi connectivity index (χ0v) is 11.2. The molecule has 21 heavy (non-hydrogen) atoms. The molecule has 0 amide bonds. The molecule has 3 rings (SSSR count). The number of rotatable bonds is 3. The smallest absolute Gasteiger partial charge is 0.306 e. The van der Waals surface area contributed by atoms with Gasteiger partial charge >= 0.3 is 5.97 Å². The number of carboxylic acids is 1. The molecule has 0 aliphatic carbocycles. The van der Waals surface area contributed by atoms with Gasteiger partial charge in [-0.3, -0.25) is 4.79 Å². The van der Waals surface area contributed by atoms with Crippen LogP contribution in [0.25, 0.3) is 11.7 Å². The van der Waals surface area contributed by atoms with E-state index in [1.807, 2.05) is 11.0 Å². The van der Waals surface area contributed by atoms with Gasteiger partial charge in [0.05, 0.1) is 12.2 Å². The third-order valence-electron chi connectivity index (χ3n) is 3.58. The normalized spacial score (nSPS) is 15.9. The predicted molar refractivity (Wildman–Crippen MR) is 71.5 cm³/mol. The fourth-order valence-electron chi connectivity index (χ4n) is 2.43. The highest BCUT2D eigenvalue weighted by molar-refractivity contribution is 5.70. The van der Waals surface area contributed by atoms with E-state index in [9.17, 15) is 10.1 Å². The molecule has 0 unspecified atom stereocenters. The number of carboxylic acid groups (broad SMARTS) is 1. The Labute approximate surface area is 120 Å². The van der Waals surface area contributed by atoms with E-state index in [0.717, 1.165) is 0 Å². The molecular formula is C14H13N3O4. The lowest BCUT2D eigenvalue weighted by atomic mass is 9.97. The van der Waals surface area contributed by atoms with Gasteiger partial charge in [-0.25, -0.2) is 0 Å². The number of oxazole rings is 1. The van der Waals surface area contributed by atoms with E-state index in [1.54, 1.807) is 12.1 Å². The summed E-state index contributed by atoms with van der Waals surface area (Å²) in [6.07, 6.45) is 2.55. The number of piperidine rings is 1. The molecule has 3 heterocycles. The van der Waals surface area contributed by atoms with Crippen LogP contribution in [-0.2, 0) is 4.79 Å². The molecule has 0 aromatic carbocycles. The number of carbonyl (C=O) groups is 1.